The van der Waals surface area contributed by atoms with Crippen LogP contribution in [0, 0.1) is 11.8 Å². The number of fused-ring (bicyclic) bond motifs is 3. The monoisotopic (exact) mass is 410 g/mol. The summed E-state index contributed by atoms with van der Waals surface area (Å²) >= 11 is 0. The number of nitrogens with one attached hydrogen (secondary N) is 3. The minimum absolute atomic E-state index is 0.215. The van der Waals surface area contributed by atoms with Crippen LogP contribution in [0.3, 0.4) is 0 Å². The number of carbonyl (C=O) groups is 1. The SMILES string of the molecule is C[NH+](Cc1ccccc1)Cc1cn(C[C@H]2C[C@H]3CC[NH+]2C[C@@H]3C(=O)NC2CC2)nn1. The predicted octanol–water partition coefficient (Wildman–Crippen LogP) is -0.935. The number of amides is 1. The number of hydrogen-bond acceptors (Lipinski definition) is 3. The van der Waals surface area contributed by atoms with Crippen molar-refractivity contribution in [3.63, 3.8) is 0 Å². The molecule has 4 fully saturated rings. The van der Waals surface area contributed by atoms with Crippen molar-refractivity contribution in [1.82, 2.24) is 20.3 Å². The van der Waals surface area contributed by atoms with Crippen LogP contribution in [0.25, 0.3) is 0 Å². The molecule has 6 rings (SSSR count). The smallest absolute Gasteiger partial charge is 0.229 e. The molecule has 1 saturated carbocycles. The van der Waals surface area contributed by atoms with E-state index in [9.17, 15) is 4.79 Å². The second kappa shape index (κ2) is 8.47. The molecular weight excluding hydrogens is 376 g/mol. The number of quaternary nitrogens is 2. The standard InChI is InChI=1S/C23H32N6O/c1-27(12-17-5-3-2-4-6-17)13-20-14-29(26-25-20)15-21-11-18-9-10-28(21)16-22(18)23(30)24-19-7-8-19/h2-6,14,18-19,21-22H,7-13,15-16H2,1H3,(H,24,30)/p+2/t18-,21-,22+/m1/s1. The van der Waals surface area contributed by atoms with E-state index in [4.69, 9.17) is 0 Å². The number of carbonyl (C=O) groups excluding carboxylic acids is 1. The fourth-order valence-corrected chi connectivity index (χ4v) is 5.41. The predicted molar refractivity (Wildman–Crippen MR) is 113 cm³/mol. The van der Waals surface area contributed by atoms with E-state index in [1.165, 1.54) is 36.3 Å². The summed E-state index contributed by atoms with van der Waals surface area (Å²) in [5, 5.41) is 12.1. The van der Waals surface area contributed by atoms with Crippen molar-refractivity contribution in [3.8, 4) is 0 Å². The second-order valence-corrected chi connectivity index (χ2v) is 9.71. The Hall–Kier alpha value is -2.25. The summed E-state index contributed by atoms with van der Waals surface area (Å²) in [7, 11) is 2.20. The van der Waals surface area contributed by atoms with E-state index in [2.05, 4.69) is 59.2 Å². The summed E-state index contributed by atoms with van der Waals surface area (Å²) < 4.78 is 2.03. The molecule has 1 aromatic carbocycles. The van der Waals surface area contributed by atoms with E-state index in [1.807, 2.05) is 4.68 Å². The molecule has 4 heterocycles. The van der Waals surface area contributed by atoms with E-state index < -0.39 is 0 Å². The zero-order chi connectivity index (χ0) is 20.5. The number of aromatic nitrogens is 3. The largest absolute Gasteiger partial charge is 0.353 e. The van der Waals surface area contributed by atoms with E-state index in [0.717, 1.165) is 38.3 Å². The van der Waals surface area contributed by atoms with Crippen molar-refractivity contribution in [2.75, 3.05) is 20.1 Å². The van der Waals surface area contributed by atoms with Crippen molar-refractivity contribution in [2.45, 2.75) is 57.4 Å². The summed E-state index contributed by atoms with van der Waals surface area (Å²) in [5.74, 6) is 1.06. The molecule has 1 amide bonds. The molecule has 4 aliphatic rings. The average Bonchev–Trinajstić information content (AvgIpc) is 3.46. The lowest BCUT2D eigenvalue weighted by Crippen LogP contribution is -3.20. The third-order valence-electron chi connectivity index (χ3n) is 7.14. The van der Waals surface area contributed by atoms with Crippen LogP contribution in [0.4, 0.5) is 0 Å². The minimum atomic E-state index is 0.215. The molecule has 2 bridgehead atoms. The number of hydrogen-bond donors (Lipinski definition) is 3. The maximum Gasteiger partial charge on any atom is 0.229 e. The van der Waals surface area contributed by atoms with E-state index in [-0.39, 0.29) is 5.92 Å². The van der Waals surface area contributed by atoms with Gasteiger partial charge in [0.2, 0.25) is 5.91 Å². The third kappa shape index (κ3) is 4.57. The van der Waals surface area contributed by atoms with Gasteiger partial charge in [-0.05, 0) is 18.8 Å². The molecule has 1 aromatic heterocycles. The number of rotatable bonds is 8. The molecule has 7 heteroatoms. The van der Waals surface area contributed by atoms with Gasteiger partial charge in [-0.1, -0.05) is 35.5 Å². The Kier molecular flexibility index (Phi) is 5.56. The van der Waals surface area contributed by atoms with Gasteiger partial charge in [-0.3, -0.25) is 4.79 Å². The molecule has 3 saturated heterocycles. The molecule has 160 valence electrons. The van der Waals surface area contributed by atoms with E-state index >= 15 is 0 Å². The van der Waals surface area contributed by atoms with Gasteiger partial charge in [0, 0.05) is 24.4 Å². The fraction of sp³-hybridized carbons (Fsp3) is 0.609. The molecule has 5 atom stereocenters. The third-order valence-corrected chi connectivity index (χ3v) is 7.14. The van der Waals surface area contributed by atoms with E-state index in [0.29, 0.717) is 23.9 Å². The Morgan fingerprint density at radius 2 is 2.07 bits per heavy atom. The van der Waals surface area contributed by atoms with Crippen molar-refractivity contribution in [1.29, 1.82) is 0 Å². The maximum atomic E-state index is 12.6. The van der Waals surface area contributed by atoms with Gasteiger partial charge >= 0.3 is 0 Å². The first-order valence-corrected chi connectivity index (χ1v) is 11.5. The van der Waals surface area contributed by atoms with Gasteiger partial charge in [0.05, 0.1) is 38.8 Å². The second-order valence-electron chi connectivity index (χ2n) is 9.71. The highest BCUT2D eigenvalue weighted by atomic mass is 16.2. The normalized spacial score (nSPS) is 29.0. The minimum Gasteiger partial charge on any atom is -0.353 e. The highest BCUT2D eigenvalue weighted by Crippen LogP contribution is 2.29. The first-order valence-electron chi connectivity index (χ1n) is 11.5. The molecule has 0 spiro atoms. The summed E-state index contributed by atoms with van der Waals surface area (Å²) in [6, 6.07) is 11.6. The molecule has 2 aromatic rings. The van der Waals surface area contributed by atoms with Crippen LogP contribution in [-0.2, 0) is 24.4 Å². The summed E-state index contributed by atoms with van der Waals surface area (Å²) in [5.41, 5.74) is 2.40. The lowest BCUT2D eigenvalue weighted by Gasteiger charge is -2.46. The highest BCUT2D eigenvalue weighted by Gasteiger charge is 2.47. The fourth-order valence-electron chi connectivity index (χ4n) is 5.41. The lowest BCUT2D eigenvalue weighted by atomic mass is 9.75. The Balaban J connectivity index is 1.14. The molecular formula is C23H34N6O+2. The number of nitrogens with zero attached hydrogens (tertiary/aromatic N) is 3. The van der Waals surface area contributed by atoms with Gasteiger partial charge in [0.1, 0.15) is 24.8 Å². The number of piperidine rings is 3. The Bertz CT molecular complexity index is 864. The van der Waals surface area contributed by atoms with Gasteiger partial charge in [0.15, 0.2) is 0 Å². The highest BCUT2D eigenvalue weighted by molar-refractivity contribution is 5.79. The summed E-state index contributed by atoms with van der Waals surface area (Å²) in [4.78, 5) is 15.6. The molecule has 1 aliphatic carbocycles. The topological polar surface area (TPSA) is 68.7 Å². The van der Waals surface area contributed by atoms with E-state index in [1.54, 1.807) is 4.90 Å². The molecule has 3 aliphatic heterocycles. The summed E-state index contributed by atoms with van der Waals surface area (Å²) in [6.45, 7) is 4.95. The van der Waals surface area contributed by atoms with Crippen LogP contribution in [0.2, 0.25) is 0 Å². The Morgan fingerprint density at radius 1 is 1.23 bits per heavy atom. The molecule has 3 N–H and O–H groups in total. The van der Waals surface area contributed by atoms with Gasteiger partial charge in [0.25, 0.3) is 0 Å². The molecule has 2 unspecified atom stereocenters. The van der Waals surface area contributed by atoms with Crippen molar-refractivity contribution < 1.29 is 14.6 Å². The van der Waals surface area contributed by atoms with Crippen molar-refractivity contribution in [2.24, 2.45) is 11.8 Å². The molecule has 0 radical (unpaired) electrons. The van der Waals surface area contributed by atoms with Crippen LogP contribution in [0.1, 0.15) is 36.9 Å². The zero-order valence-corrected chi connectivity index (χ0v) is 17.9. The van der Waals surface area contributed by atoms with Crippen LogP contribution in [-0.4, -0.2) is 53.1 Å². The number of benzene rings is 1. The van der Waals surface area contributed by atoms with Crippen molar-refractivity contribution in [3.05, 3.63) is 47.8 Å². The Morgan fingerprint density at radius 3 is 2.80 bits per heavy atom. The Labute approximate surface area is 178 Å². The first-order chi connectivity index (χ1) is 14.6. The van der Waals surface area contributed by atoms with Crippen LogP contribution < -0.4 is 15.1 Å². The lowest BCUT2D eigenvalue weighted by molar-refractivity contribution is -0.945. The van der Waals surface area contributed by atoms with Crippen LogP contribution in [0.5, 0.6) is 0 Å². The molecule has 7 nitrogen and oxygen atoms in total. The van der Waals surface area contributed by atoms with Crippen LogP contribution in [0.15, 0.2) is 36.5 Å². The van der Waals surface area contributed by atoms with Gasteiger partial charge < -0.3 is 15.1 Å². The van der Waals surface area contributed by atoms with Gasteiger partial charge in [-0.2, -0.15) is 0 Å². The van der Waals surface area contributed by atoms with Gasteiger partial charge in [-0.15, -0.1) is 5.10 Å². The maximum absolute atomic E-state index is 12.6. The zero-order valence-electron chi connectivity index (χ0n) is 17.9. The quantitative estimate of drug-likeness (QED) is 0.527. The summed E-state index contributed by atoms with van der Waals surface area (Å²) in [6.07, 6.45) is 6.77. The van der Waals surface area contributed by atoms with Gasteiger partial charge in [-0.25, -0.2) is 4.68 Å². The molecule has 30 heavy (non-hydrogen) atoms. The average molecular weight is 411 g/mol. The first kappa shape index (κ1) is 19.7. The van der Waals surface area contributed by atoms with Crippen molar-refractivity contribution >= 4 is 5.91 Å². The van der Waals surface area contributed by atoms with Crippen LogP contribution >= 0.6 is 0 Å².